The van der Waals surface area contributed by atoms with Gasteiger partial charge in [0.2, 0.25) is 5.91 Å². The monoisotopic (exact) mass is 598 g/mol. The zero-order chi connectivity index (χ0) is 30.2. The molecule has 0 spiro atoms. The Morgan fingerprint density at radius 2 is 1.60 bits per heavy atom. The number of hydrogen-bond acceptors (Lipinski definition) is 10. The third-order valence-corrected chi connectivity index (χ3v) is 6.87. The van der Waals surface area contributed by atoms with Gasteiger partial charge in [-0.15, -0.1) is 0 Å². The fourth-order valence-corrected chi connectivity index (χ4v) is 4.79. The van der Waals surface area contributed by atoms with Crippen molar-refractivity contribution >= 4 is 56.9 Å². The highest BCUT2D eigenvalue weighted by Crippen LogP contribution is 2.36. The molecule has 5 rings (SSSR count). The van der Waals surface area contributed by atoms with Crippen LogP contribution in [0.5, 0.6) is 11.5 Å². The van der Waals surface area contributed by atoms with Crippen LogP contribution in [0, 0.1) is 0 Å². The van der Waals surface area contributed by atoms with Gasteiger partial charge in [-0.1, -0.05) is 24.3 Å². The van der Waals surface area contributed by atoms with Crippen LogP contribution in [0.15, 0.2) is 91.1 Å². The predicted molar refractivity (Wildman–Crippen MR) is 164 cm³/mol. The van der Waals surface area contributed by atoms with E-state index in [4.69, 9.17) is 9.47 Å². The first kappa shape index (κ1) is 29.4. The van der Waals surface area contributed by atoms with Crippen molar-refractivity contribution < 1.29 is 23.0 Å². The molecule has 0 radical (unpaired) electrons. The van der Waals surface area contributed by atoms with E-state index < -0.39 is 11.3 Å². The minimum atomic E-state index is -2.82. The molecule has 5 aromatic rings. The van der Waals surface area contributed by atoms with E-state index in [9.17, 15) is 13.6 Å². The van der Waals surface area contributed by atoms with E-state index in [0.717, 1.165) is 10.00 Å². The maximum atomic E-state index is 12.7. The van der Waals surface area contributed by atoms with E-state index in [0.29, 0.717) is 40.5 Å². The molecule has 3 N–H and O–H groups in total. The molecule has 1 amide bonds. The van der Waals surface area contributed by atoms with Crippen LogP contribution >= 0.6 is 0 Å². The second-order valence-corrected chi connectivity index (χ2v) is 9.94. The van der Waals surface area contributed by atoms with Crippen molar-refractivity contribution in [3.8, 4) is 11.5 Å². The van der Waals surface area contributed by atoms with E-state index >= 15 is 0 Å². The van der Waals surface area contributed by atoms with Crippen LogP contribution in [-0.4, -0.2) is 50.4 Å². The third kappa shape index (κ3) is 7.40. The summed E-state index contributed by atoms with van der Waals surface area (Å²) in [5.41, 5.74) is 3.03. The second-order valence-electron chi connectivity index (χ2n) is 9.15. The van der Waals surface area contributed by atoms with E-state index in [-0.39, 0.29) is 29.8 Å². The number of aromatic nitrogens is 3. The van der Waals surface area contributed by atoms with Crippen LogP contribution in [0.2, 0.25) is 0 Å². The molecule has 43 heavy (non-hydrogen) atoms. The van der Waals surface area contributed by atoms with E-state index in [1.165, 1.54) is 14.2 Å². The second kappa shape index (κ2) is 13.7. The molecule has 0 saturated heterocycles. The van der Waals surface area contributed by atoms with Crippen molar-refractivity contribution in [3.63, 3.8) is 0 Å². The van der Waals surface area contributed by atoms with Gasteiger partial charge < -0.3 is 30.0 Å². The average Bonchev–Trinajstić information content (AvgIpc) is 3.01. The summed E-state index contributed by atoms with van der Waals surface area (Å²) >= 11 is -2.82. The number of carbonyl (C=O) groups is 1. The van der Waals surface area contributed by atoms with Crippen molar-refractivity contribution in [3.05, 3.63) is 96.8 Å². The van der Waals surface area contributed by atoms with Crippen LogP contribution in [0.3, 0.4) is 0 Å². The number of anilines is 5. The zero-order valence-corrected chi connectivity index (χ0v) is 24.1. The summed E-state index contributed by atoms with van der Waals surface area (Å²) < 4.78 is 37.2. The Kier molecular flexibility index (Phi) is 9.36. The molecule has 0 aliphatic carbocycles. The maximum Gasteiger partial charge on any atom is 0.238 e. The number of rotatable bonds is 12. The molecule has 0 aliphatic rings. The number of benzene rings is 3. The Labute approximate surface area is 250 Å². The van der Waals surface area contributed by atoms with Gasteiger partial charge in [0.15, 0.2) is 11.6 Å². The molecule has 0 fully saturated rings. The number of pyridine rings is 1. The van der Waals surface area contributed by atoms with Gasteiger partial charge >= 0.3 is 0 Å². The lowest BCUT2D eigenvalue weighted by atomic mass is 10.2. The van der Waals surface area contributed by atoms with Crippen LogP contribution in [0.4, 0.5) is 28.7 Å². The number of methoxy groups -OCH3 is 2. The molecule has 2 aromatic heterocycles. The highest BCUT2D eigenvalue weighted by atomic mass is 32.2. The number of carbonyl (C=O) groups excluding carboxylic acids is 1. The SMILES string of the molecule is COc1cc(Nc2nc3ccccc3nc2N(c2cccc(NC(=O)CNCc3ccccn3)c2)S(=O)[O-])cc(OC)c1. The normalized spacial score (nSPS) is 11.5. The lowest BCUT2D eigenvalue weighted by Gasteiger charge is -2.27. The summed E-state index contributed by atoms with van der Waals surface area (Å²) in [5, 5.41) is 9.00. The minimum absolute atomic E-state index is 0.0225. The summed E-state index contributed by atoms with van der Waals surface area (Å²) in [6.07, 6.45) is 1.68. The fraction of sp³-hybridized carbons (Fsp3) is 0.133. The molecule has 0 bridgehead atoms. The number of nitrogens with one attached hydrogen (secondary N) is 3. The van der Waals surface area contributed by atoms with Gasteiger partial charge in [-0.3, -0.25) is 18.3 Å². The molecular weight excluding hydrogens is 570 g/mol. The summed E-state index contributed by atoms with van der Waals surface area (Å²) in [4.78, 5) is 26.2. The third-order valence-electron chi connectivity index (χ3n) is 6.19. The first-order valence-corrected chi connectivity index (χ1v) is 14.1. The van der Waals surface area contributed by atoms with Crippen molar-refractivity contribution in [2.45, 2.75) is 6.54 Å². The Morgan fingerprint density at radius 3 is 2.28 bits per heavy atom. The number of para-hydroxylation sites is 2. The van der Waals surface area contributed by atoms with Gasteiger partial charge in [-0.25, -0.2) is 9.97 Å². The lowest BCUT2D eigenvalue weighted by Crippen LogP contribution is -2.28. The highest BCUT2D eigenvalue weighted by Gasteiger charge is 2.20. The first-order valence-electron chi connectivity index (χ1n) is 13.1. The fourth-order valence-electron chi connectivity index (χ4n) is 4.23. The zero-order valence-electron chi connectivity index (χ0n) is 23.3. The molecule has 0 saturated carbocycles. The van der Waals surface area contributed by atoms with Crippen LogP contribution in [-0.2, 0) is 22.6 Å². The molecule has 0 aliphatic heterocycles. The molecule has 2 heterocycles. The minimum Gasteiger partial charge on any atom is -0.755 e. The van der Waals surface area contributed by atoms with E-state index in [1.807, 2.05) is 24.3 Å². The number of amides is 1. The van der Waals surface area contributed by atoms with Crippen LogP contribution in [0.1, 0.15) is 5.69 Å². The molecule has 220 valence electrons. The van der Waals surface area contributed by atoms with Crippen molar-refractivity contribution in [1.82, 2.24) is 20.3 Å². The summed E-state index contributed by atoms with van der Waals surface area (Å²) in [6.45, 7) is 0.457. The topological polar surface area (TPSA) is 154 Å². The van der Waals surface area contributed by atoms with Crippen LogP contribution < -0.4 is 29.7 Å². The molecule has 1 atom stereocenters. The average molecular weight is 599 g/mol. The molecule has 1 unspecified atom stereocenters. The van der Waals surface area contributed by atoms with Crippen molar-refractivity contribution in [2.75, 3.05) is 35.7 Å². The van der Waals surface area contributed by atoms with Crippen molar-refractivity contribution in [2.24, 2.45) is 0 Å². The van der Waals surface area contributed by atoms with Gasteiger partial charge in [0, 0.05) is 42.3 Å². The van der Waals surface area contributed by atoms with E-state index in [1.54, 1.807) is 66.9 Å². The Morgan fingerprint density at radius 1 is 0.884 bits per heavy atom. The summed E-state index contributed by atoms with van der Waals surface area (Å²) in [6, 6.07) is 24.3. The number of nitrogens with zero attached hydrogens (tertiary/aromatic N) is 4. The summed E-state index contributed by atoms with van der Waals surface area (Å²) in [5.74, 6) is 0.946. The molecule has 13 heteroatoms. The number of hydrogen-bond donors (Lipinski definition) is 3. The number of fused-ring (bicyclic) bond motifs is 1. The summed E-state index contributed by atoms with van der Waals surface area (Å²) in [7, 11) is 3.06. The van der Waals surface area contributed by atoms with E-state index in [2.05, 4.69) is 30.9 Å². The van der Waals surface area contributed by atoms with Gasteiger partial charge in [-0.05, 0) is 42.5 Å². The smallest absolute Gasteiger partial charge is 0.238 e. The highest BCUT2D eigenvalue weighted by molar-refractivity contribution is 7.81. The predicted octanol–water partition coefficient (Wildman–Crippen LogP) is 4.45. The van der Waals surface area contributed by atoms with Gasteiger partial charge in [0.05, 0.1) is 54.4 Å². The van der Waals surface area contributed by atoms with Gasteiger partial charge in [-0.2, -0.15) is 0 Å². The molecule has 12 nitrogen and oxygen atoms in total. The lowest BCUT2D eigenvalue weighted by molar-refractivity contribution is -0.115. The standard InChI is InChI=1S/C30H29N7O5S/c1-41-24-15-22(16-25(17-24)42-2)34-29-30(36-27-12-4-3-11-26(27)35-29)37(43(39)40)23-10-7-9-20(14-23)33-28(38)19-31-18-21-8-5-6-13-32-21/h3-17,31H,18-19H2,1-2H3,(H,33,38)(H,34,35)(H,39,40)/p-1. The Balaban J connectivity index is 1.44. The first-order chi connectivity index (χ1) is 20.9. The quantitative estimate of drug-likeness (QED) is 0.176. The number of ether oxygens (including phenoxy) is 2. The Bertz CT molecular complexity index is 1730. The molecule has 3 aromatic carbocycles. The van der Waals surface area contributed by atoms with Gasteiger partial charge in [0.25, 0.3) is 0 Å². The largest absolute Gasteiger partial charge is 0.755 e. The molecular formula is C30H28N7O5S-. The van der Waals surface area contributed by atoms with Crippen LogP contribution in [0.25, 0.3) is 11.0 Å². The Hall–Kier alpha value is -5.11. The maximum absolute atomic E-state index is 12.7. The van der Waals surface area contributed by atoms with Crippen molar-refractivity contribution in [1.29, 1.82) is 0 Å². The van der Waals surface area contributed by atoms with Gasteiger partial charge in [0.1, 0.15) is 11.5 Å².